The van der Waals surface area contributed by atoms with Gasteiger partial charge in [-0.05, 0) is 6.07 Å². The highest BCUT2D eigenvalue weighted by Crippen LogP contribution is 2.17. The van der Waals surface area contributed by atoms with Crippen LogP contribution in [0.25, 0.3) is 10.9 Å². The lowest BCUT2D eigenvalue weighted by atomic mass is 10.1. The number of carboxylic acid groups (broad SMARTS) is 1. The van der Waals surface area contributed by atoms with Gasteiger partial charge < -0.3 is 10.4 Å². The van der Waals surface area contributed by atoms with E-state index in [1.807, 2.05) is 24.3 Å². The van der Waals surface area contributed by atoms with Gasteiger partial charge in [0.1, 0.15) is 0 Å². The molecule has 1 aromatic heterocycles. The number of nitrogens with zero attached hydrogens (tertiary/aromatic N) is 2. The molecule has 0 bridgehead atoms. The van der Waals surface area contributed by atoms with Gasteiger partial charge in [-0.3, -0.25) is 14.3 Å². The number of fused-ring (bicyclic) bond motifs is 1. The van der Waals surface area contributed by atoms with E-state index in [1.165, 1.54) is 0 Å². The fraction of sp³-hybridized carbons (Fsp3) is 0.308. The number of carboxylic acids is 1. The number of aromatic nitrogens is 2. The van der Waals surface area contributed by atoms with Crippen molar-refractivity contribution in [2.75, 3.05) is 6.54 Å². The minimum atomic E-state index is -0.939. The summed E-state index contributed by atoms with van der Waals surface area (Å²) in [7, 11) is 1.76. The van der Waals surface area contributed by atoms with E-state index < -0.39 is 11.9 Å². The SMILES string of the molecule is CC(CNC(=O)c1nn(C)c2ccccc12)C(=O)O. The largest absolute Gasteiger partial charge is 0.481 e. The highest BCUT2D eigenvalue weighted by molar-refractivity contribution is 6.04. The van der Waals surface area contributed by atoms with Gasteiger partial charge in [0.05, 0.1) is 11.4 Å². The number of hydrogen-bond acceptors (Lipinski definition) is 3. The fourth-order valence-corrected chi connectivity index (χ4v) is 1.80. The van der Waals surface area contributed by atoms with E-state index in [0.29, 0.717) is 5.69 Å². The number of aryl methyl sites for hydroxylation is 1. The van der Waals surface area contributed by atoms with Crippen molar-refractivity contribution in [3.8, 4) is 0 Å². The molecule has 100 valence electrons. The van der Waals surface area contributed by atoms with Crippen LogP contribution in [0.1, 0.15) is 17.4 Å². The molecule has 1 aromatic carbocycles. The van der Waals surface area contributed by atoms with Gasteiger partial charge in [0.15, 0.2) is 5.69 Å². The topological polar surface area (TPSA) is 84.2 Å². The van der Waals surface area contributed by atoms with Gasteiger partial charge in [-0.2, -0.15) is 5.10 Å². The summed E-state index contributed by atoms with van der Waals surface area (Å²) in [6.07, 6.45) is 0. The Morgan fingerprint density at radius 1 is 1.42 bits per heavy atom. The second-order valence-corrected chi connectivity index (χ2v) is 4.44. The van der Waals surface area contributed by atoms with Gasteiger partial charge in [-0.15, -0.1) is 0 Å². The third-order valence-corrected chi connectivity index (χ3v) is 2.96. The summed E-state index contributed by atoms with van der Waals surface area (Å²) in [5.74, 6) is -1.92. The molecule has 0 fully saturated rings. The van der Waals surface area contributed by atoms with Crippen LogP contribution in [0.2, 0.25) is 0 Å². The van der Waals surface area contributed by atoms with E-state index in [2.05, 4.69) is 10.4 Å². The number of carbonyl (C=O) groups excluding carboxylic acids is 1. The lowest BCUT2D eigenvalue weighted by Gasteiger charge is -2.06. The number of rotatable bonds is 4. The van der Waals surface area contributed by atoms with Crippen LogP contribution in [-0.4, -0.2) is 33.3 Å². The Labute approximate surface area is 110 Å². The van der Waals surface area contributed by atoms with Crippen LogP contribution in [0.4, 0.5) is 0 Å². The van der Waals surface area contributed by atoms with Gasteiger partial charge in [0, 0.05) is 19.0 Å². The van der Waals surface area contributed by atoms with E-state index in [-0.39, 0.29) is 12.5 Å². The van der Waals surface area contributed by atoms with Crippen LogP contribution in [0.3, 0.4) is 0 Å². The summed E-state index contributed by atoms with van der Waals surface area (Å²) in [5.41, 5.74) is 1.18. The fourth-order valence-electron chi connectivity index (χ4n) is 1.80. The minimum absolute atomic E-state index is 0.0824. The quantitative estimate of drug-likeness (QED) is 0.860. The highest BCUT2D eigenvalue weighted by atomic mass is 16.4. The van der Waals surface area contributed by atoms with E-state index in [9.17, 15) is 9.59 Å². The van der Waals surface area contributed by atoms with Crippen molar-refractivity contribution in [2.24, 2.45) is 13.0 Å². The van der Waals surface area contributed by atoms with E-state index in [4.69, 9.17) is 5.11 Å². The zero-order valence-corrected chi connectivity index (χ0v) is 10.8. The summed E-state index contributed by atoms with van der Waals surface area (Å²) >= 11 is 0. The molecule has 0 saturated heterocycles. The molecule has 6 nitrogen and oxygen atoms in total. The van der Waals surface area contributed by atoms with Gasteiger partial charge in [-0.25, -0.2) is 0 Å². The molecule has 1 atom stereocenters. The maximum absolute atomic E-state index is 12.0. The summed E-state index contributed by atoms with van der Waals surface area (Å²) in [6, 6.07) is 7.40. The first-order valence-corrected chi connectivity index (χ1v) is 5.93. The molecule has 19 heavy (non-hydrogen) atoms. The lowest BCUT2D eigenvalue weighted by Crippen LogP contribution is -2.31. The molecule has 2 rings (SSSR count). The molecule has 0 aliphatic heterocycles. The maximum Gasteiger partial charge on any atom is 0.308 e. The Kier molecular flexibility index (Phi) is 3.50. The monoisotopic (exact) mass is 261 g/mol. The first-order valence-electron chi connectivity index (χ1n) is 5.93. The van der Waals surface area contributed by atoms with E-state index >= 15 is 0 Å². The second-order valence-electron chi connectivity index (χ2n) is 4.44. The minimum Gasteiger partial charge on any atom is -0.481 e. The van der Waals surface area contributed by atoms with Crippen molar-refractivity contribution in [1.82, 2.24) is 15.1 Å². The number of nitrogens with one attached hydrogen (secondary N) is 1. The zero-order chi connectivity index (χ0) is 14.0. The molecular weight excluding hydrogens is 246 g/mol. The Bertz CT molecular complexity index is 633. The van der Waals surface area contributed by atoms with Crippen molar-refractivity contribution in [3.63, 3.8) is 0 Å². The van der Waals surface area contributed by atoms with Gasteiger partial charge in [-0.1, -0.05) is 25.1 Å². The number of para-hydroxylation sites is 1. The molecule has 0 spiro atoms. The molecule has 0 radical (unpaired) electrons. The number of carbonyl (C=O) groups is 2. The van der Waals surface area contributed by atoms with Gasteiger partial charge >= 0.3 is 5.97 Å². The normalized spacial score (nSPS) is 12.3. The standard InChI is InChI=1S/C13H15N3O3/c1-8(13(18)19)7-14-12(17)11-9-5-3-4-6-10(9)16(2)15-11/h3-6,8H,7H2,1-2H3,(H,14,17)(H,18,19). The average Bonchev–Trinajstić information content (AvgIpc) is 2.73. The molecule has 0 aliphatic carbocycles. The Balaban J connectivity index is 2.20. The molecule has 0 saturated carbocycles. The number of benzene rings is 1. The Morgan fingerprint density at radius 3 is 2.79 bits per heavy atom. The summed E-state index contributed by atoms with van der Waals surface area (Å²) < 4.78 is 1.63. The van der Waals surface area contributed by atoms with Crippen LogP contribution >= 0.6 is 0 Å². The van der Waals surface area contributed by atoms with Crippen LogP contribution < -0.4 is 5.32 Å². The van der Waals surface area contributed by atoms with Crippen molar-refractivity contribution in [2.45, 2.75) is 6.92 Å². The predicted molar refractivity (Wildman–Crippen MR) is 69.8 cm³/mol. The second kappa shape index (κ2) is 5.09. The van der Waals surface area contributed by atoms with E-state index in [0.717, 1.165) is 10.9 Å². The average molecular weight is 261 g/mol. The third kappa shape index (κ3) is 2.57. The third-order valence-electron chi connectivity index (χ3n) is 2.96. The van der Waals surface area contributed by atoms with Crippen molar-refractivity contribution >= 4 is 22.8 Å². The van der Waals surface area contributed by atoms with Crippen LogP contribution in [0.15, 0.2) is 24.3 Å². The van der Waals surface area contributed by atoms with Gasteiger partial charge in [0.25, 0.3) is 5.91 Å². The molecule has 2 aromatic rings. The number of hydrogen-bond donors (Lipinski definition) is 2. The van der Waals surface area contributed by atoms with Crippen molar-refractivity contribution < 1.29 is 14.7 Å². The summed E-state index contributed by atoms with van der Waals surface area (Å²) in [5, 5.41) is 16.3. The van der Waals surface area contributed by atoms with Crippen LogP contribution in [-0.2, 0) is 11.8 Å². The van der Waals surface area contributed by atoms with E-state index in [1.54, 1.807) is 18.7 Å². The number of aliphatic carboxylic acids is 1. The highest BCUT2D eigenvalue weighted by Gasteiger charge is 2.17. The Morgan fingerprint density at radius 2 is 2.11 bits per heavy atom. The van der Waals surface area contributed by atoms with Crippen molar-refractivity contribution in [3.05, 3.63) is 30.0 Å². The first kappa shape index (κ1) is 13.1. The molecule has 6 heteroatoms. The molecule has 1 amide bonds. The van der Waals surface area contributed by atoms with Crippen LogP contribution in [0, 0.1) is 5.92 Å². The molecule has 2 N–H and O–H groups in total. The smallest absolute Gasteiger partial charge is 0.308 e. The summed E-state index contributed by atoms with van der Waals surface area (Å²) in [6.45, 7) is 1.62. The van der Waals surface area contributed by atoms with Crippen molar-refractivity contribution in [1.29, 1.82) is 0 Å². The molecular formula is C13H15N3O3. The lowest BCUT2D eigenvalue weighted by molar-refractivity contribution is -0.140. The number of amides is 1. The first-order chi connectivity index (χ1) is 9.00. The molecule has 1 heterocycles. The van der Waals surface area contributed by atoms with Crippen LogP contribution in [0.5, 0.6) is 0 Å². The molecule has 0 aliphatic rings. The zero-order valence-electron chi connectivity index (χ0n) is 10.8. The Hall–Kier alpha value is -2.37. The molecule has 1 unspecified atom stereocenters. The van der Waals surface area contributed by atoms with Gasteiger partial charge in [0.2, 0.25) is 0 Å². The summed E-state index contributed by atoms with van der Waals surface area (Å²) in [4.78, 5) is 22.7. The maximum atomic E-state index is 12.0. The predicted octanol–water partition coefficient (Wildman–Crippen LogP) is 1.02.